The first kappa shape index (κ1) is 17.9. The van der Waals surface area contributed by atoms with Crippen molar-refractivity contribution in [2.24, 2.45) is 0 Å². The molecule has 0 saturated heterocycles. The Hall–Kier alpha value is -2.45. The van der Waals surface area contributed by atoms with Crippen LogP contribution in [0, 0.1) is 3.57 Å². The van der Waals surface area contributed by atoms with Crippen LogP contribution in [0.2, 0.25) is 0 Å². The van der Waals surface area contributed by atoms with Crippen LogP contribution in [-0.4, -0.2) is 11.0 Å². The lowest BCUT2D eigenvalue weighted by Gasteiger charge is -2.08. The molecule has 0 fully saturated rings. The fourth-order valence-corrected chi connectivity index (χ4v) is 3.92. The zero-order valence-corrected chi connectivity index (χ0v) is 17.3. The number of rotatable bonds is 4. The van der Waals surface area contributed by atoms with E-state index in [2.05, 4.69) is 56.4 Å². The maximum atomic E-state index is 12.3. The molecule has 134 valence electrons. The van der Waals surface area contributed by atoms with Gasteiger partial charge in [-0.25, -0.2) is 9.78 Å². The van der Waals surface area contributed by atoms with E-state index >= 15 is 0 Å². The largest absolute Gasteiger partial charge is 0.334 e. The number of hydrogen-bond acceptors (Lipinski definition) is 3. The summed E-state index contributed by atoms with van der Waals surface area (Å²) >= 11 is 3.69. The van der Waals surface area contributed by atoms with Gasteiger partial charge in [-0.2, -0.15) is 0 Å². The predicted octanol–water partition coefficient (Wildman–Crippen LogP) is 5.89. The van der Waals surface area contributed by atoms with Crippen LogP contribution in [0.4, 0.5) is 9.93 Å². The number of carbonyl (C=O) groups excluding carboxylic acids is 1. The summed E-state index contributed by atoms with van der Waals surface area (Å²) in [7, 11) is 0. The van der Waals surface area contributed by atoms with Crippen LogP contribution >= 0.6 is 33.9 Å². The highest BCUT2D eigenvalue weighted by Crippen LogP contribution is 2.25. The lowest BCUT2D eigenvalue weighted by Crippen LogP contribution is -2.28. The van der Waals surface area contributed by atoms with E-state index < -0.39 is 0 Å². The molecule has 0 atom stereocenters. The minimum absolute atomic E-state index is 0.258. The highest BCUT2D eigenvalue weighted by atomic mass is 127. The van der Waals surface area contributed by atoms with Gasteiger partial charge in [-0.3, -0.25) is 5.32 Å². The minimum atomic E-state index is -0.258. The molecule has 0 spiro atoms. The summed E-state index contributed by atoms with van der Waals surface area (Å²) in [5.74, 6) is 0. The van der Waals surface area contributed by atoms with Crippen LogP contribution in [0.1, 0.15) is 5.56 Å². The average molecular weight is 485 g/mol. The Balaban J connectivity index is 1.40. The number of halogens is 1. The van der Waals surface area contributed by atoms with Crippen LogP contribution in [-0.2, 0) is 6.54 Å². The van der Waals surface area contributed by atoms with Crippen LogP contribution in [0.15, 0.2) is 72.1 Å². The monoisotopic (exact) mass is 485 g/mol. The molecule has 4 nitrogen and oxygen atoms in total. The molecule has 3 aromatic carbocycles. The summed E-state index contributed by atoms with van der Waals surface area (Å²) in [6, 6.07) is 22.1. The van der Waals surface area contributed by atoms with E-state index in [1.54, 1.807) is 0 Å². The number of hydrogen-bond donors (Lipinski definition) is 2. The fraction of sp³-hybridized carbons (Fsp3) is 0.0476. The topological polar surface area (TPSA) is 54.0 Å². The van der Waals surface area contributed by atoms with Gasteiger partial charge in [0.1, 0.15) is 0 Å². The Morgan fingerprint density at radius 2 is 1.78 bits per heavy atom. The van der Waals surface area contributed by atoms with Gasteiger partial charge in [0.25, 0.3) is 0 Å². The molecule has 0 aliphatic carbocycles. The molecule has 0 aliphatic rings. The number of fused-ring (bicyclic) bond motifs is 1. The standard InChI is InChI=1S/C21H16IN3OS/c22-17-10-8-15(9-11-17)19-13-27-21(24-19)25-20(26)23-12-16-6-3-5-14-4-1-2-7-18(14)16/h1-11,13H,12H2,(H2,23,24,25,26). The van der Waals surface area contributed by atoms with Crippen molar-refractivity contribution in [2.45, 2.75) is 6.54 Å². The molecular weight excluding hydrogens is 469 g/mol. The van der Waals surface area contributed by atoms with Crippen molar-refractivity contribution >= 4 is 55.9 Å². The van der Waals surface area contributed by atoms with E-state index in [0.29, 0.717) is 11.7 Å². The lowest BCUT2D eigenvalue weighted by molar-refractivity contribution is 0.252. The van der Waals surface area contributed by atoms with Crippen LogP contribution in [0.3, 0.4) is 0 Å². The van der Waals surface area contributed by atoms with Crippen LogP contribution in [0.25, 0.3) is 22.0 Å². The molecule has 4 aromatic rings. The quantitative estimate of drug-likeness (QED) is 0.355. The molecular formula is C21H16IN3OS. The number of thiazole rings is 1. The summed E-state index contributed by atoms with van der Waals surface area (Å²) in [6.07, 6.45) is 0. The molecule has 4 rings (SSSR count). The summed E-state index contributed by atoms with van der Waals surface area (Å²) in [6.45, 7) is 0.461. The molecule has 1 heterocycles. The third kappa shape index (κ3) is 4.28. The Kier molecular flexibility index (Phi) is 5.35. The number of anilines is 1. The zero-order chi connectivity index (χ0) is 18.6. The smallest absolute Gasteiger partial charge is 0.321 e. The van der Waals surface area contributed by atoms with E-state index in [0.717, 1.165) is 22.2 Å². The van der Waals surface area contributed by atoms with Gasteiger partial charge in [0, 0.05) is 21.1 Å². The second-order valence-corrected chi connectivity index (χ2v) is 8.09. The maximum absolute atomic E-state index is 12.3. The van der Waals surface area contributed by atoms with E-state index in [4.69, 9.17) is 0 Å². The first-order valence-electron chi connectivity index (χ1n) is 8.42. The Labute approximate surface area is 174 Å². The van der Waals surface area contributed by atoms with Gasteiger partial charge in [0.15, 0.2) is 5.13 Å². The number of urea groups is 1. The van der Waals surface area contributed by atoms with Gasteiger partial charge < -0.3 is 5.32 Å². The molecule has 27 heavy (non-hydrogen) atoms. The first-order chi connectivity index (χ1) is 13.2. The van der Waals surface area contributed by atoms with Gasteiger partial charge in [-0.1, -0.05) is 54.6 Å². The molecule has 2 amide bonds. The van der Waals surface area contributed by atoms with Gasteiger partial charge in [0.05, 0.1) is 5.69 Å². The molecule has 1 aromatic heterocycles. The van der Waals surface area contributed by atoms with Crippen molar-refractivity contribution in [1.82, 2.24) is 10.3 Å². The summed E-state index contributed by atoms with van der Waals surface area (Å²) in [5.41, 5.74) is 2.98. The molecule has 0 unspecified atom stereocenters. The number of aromatic nitrogens is 1. The average Bonchev–Trinajstić information content (AvgIpc) is 3.15. The third-order valence-electron chi connectivity index (χ3n) is 4.18. The van der Waals surface area contributed by atoms with Crippen LogP contribution < -0.4 is 10.6 Å². The van der Waals surface area contributed by atoms with Gasteiger partial charge in [-0.15, -0.1) is 11.3 Å². The number of carbonyl (C=O) groups is 1. The van der Waals surface area contributed by atoms with Gasteiger partial charge >= 0.3 is 6.03 Å². The molecule has 0 radical (unpaired) electrons. The van der Waals surface area contributed by atoms with Gasteiger partial charge in [0.2, 0.25) is 0 Å². The number of amides is 2. The second kappa shape index (κ2) is 8.06. The SMILES string of the molecule is O=C(NCc1cccc2ccccc12)Nc1nc(-c2ccc(I)cc2)cs1. The number of nitrogens with zero attached hydrogens (tertiary/aromatic N) is 1. The summed E-state index contributed by atoms with van der Waals surface area (Å²) < 4.78 is 1.18. The first-order valence-corrected chi connectivity index (χ1v) is 10.4. The van der Waals surface area contributed by atoms with E-state index in [9.17, 15) is 4.79 Å². The van der Waals surface area contributed by atoms with Crippen molar-refractivity contribution < 1.29 is 4.79 Å². The highest BCUT2D eigenvalue weighted by Gasteiger charge is 2.08. The lowest BCUT2D eigenvalue weighted by atomic mass is 10.0. The molecule has 2 N–H and O–H groups in total. The van der Waals surface area contributed by atoms with Crippen molar-refractivity contribution in [1.29, 1.82) is 0 Å². The zero-order valence-electron chi connectivity index (χ0n) is 14.3. The minimum Gasteiger partial charge on any atom is -0.334 e. The molecule has 0 bridgehead atoms. The van der Waals surface area contributed by atoms with Crippen LogP contribution in [0.5, 0.6) is 0 Å². The van der Waals surface area contributed by atoms with Crippen molar-refractivity contribution in [2.75, 3.05) is 5.32 Å². The normalized spacial score (nSPS) is 10.7. The van der Waals surface area contributed by atoms with Crippen molar-refractivity contribution in [3.05, 3.63) is 81.2 Å². The Morgan fingerprint density at radius 1 is 1.00 bits per heavy atom. The Bertz CT molecular complexity index is 1090. The number of benzene rings is 3. The Morgan fingerprint density at radius 3 is 2.63 bits per heavy atom. The second-order valence-electron chi connectivity index (χ2n) is 5.99. The highest BCUT2D eigenvalue weighted by molar-refractivity contribution is 14.1. The van der Waals surface area contributed by atoms with Gasteiger partial charge in [-0.05, 0) is 51.1 Å². The van der Waals surface area contributed by atoms with Crippen molar-refractivity contribution in [3.8, 4) is 11.3 Å². The third-order valence-corrected chi connectivity index (χ3v) is 5.66. The fourth-order valence-electron chi connectivity index (χ4n) is 2.85. The summed E-state index contributed by atoms with van der Waals surface area (Å²) in [5, 5.41) is 10.6. The summed E-state index contributed by atoms with van der Waals surface area (Å²) in [4.78, 5) is 16.8. The van der Waals surface area contributed by atoms with E-state index in [1.807, 2.05) is 53.9 Å². The molecule has 0 aliphatic heterocycles. The van der Waals surface area contributed by atoms with E-state index in [1.165, 1.54) is 20.3 Å². The molecule has 0 saturated carbocycles. The van der Waals surface area contributed by atoms with E-state index in [-0.39, 0.29) is 6.03 Å². The van der Waals surface area contributed by atoms with Crippen molar-refractivity contribution in [3.63, 3.8) is 0 Å². The predicted molar refractivity (Wildman–Crippen MR) is 120 cm³/mol. The number of nitrogens with one attached hydrogen (secondary N) is 2. The molecule has 6 heteroatoms. The maximum Gasteiger partial charge on any atom is 0.321 e.